The van der Waals surface area contributed by atoms with Gasteiger partial charge >= 0.3 is 11.9 Å². The van der Waals surface area contributed by atoms with Gasteiger partial charge in [-0.3, -0.25) is 9.97 Å². The largest absolute Gasteiger partial charge is 0.387 e. The second-order valence-corrected chi connectivity index (χ2v) is 6.33. The van der Waals surface area contributed by atoms with Gasteiger partial charge in [-0.15, -0.1) is 0 Å². The van der Waals surface area contributed by atoms with Crippen LogP contribution >= 0.6 is 0 Å². The lowest BCUT2D eigenvalue weighted by atomic mass is 10.1. The maximum absolute atomic E-state index is 11.9. The Hall–Kier alpha value is -4.12. The van der Waals surface area contributed by atoms with Crippen LogP contribution in [-0.4, -0.2) is 21.9 Å². The highest BCUT2D eigenvalue weighted by Crippen LogP contribution is 2.14. The number of hydrogen-bond acceptors (Lipinski definition) is 5. The number of carbonyl (C=O) groups is 2. The summed E-state index contributed by atoms with van der Waals surface area (Å²) in [5.74, 6) is -1.49. The number of benzene rings is 2. The van der Waals surface area contributed by atoms with Crippen LogP contribution in [0.1, 0.15) is 11.1 Å². The molecule has 0 atom stereocenters. The highest BCUT2D eigenvalue weighted by molar-refractivity contribution is 6.00. The quantitative estimate of drug-likeness (QED) is 0.294. The van der Waals surface area contributed by atoms with E-state index >= 15 is 0 Å². The van der Waals surface area contributed by atoms with Crippen molar-refractivity contribution in [2.24, 2.45) is 0 Å². The number of pyridine rings is 2. The molecule has 4 rings (SSSR count). The van der Waals surface area contributed by atoms with Crippen LogP contribution in [-0.2, 0) is 14.3 Å². The summed E-state index contributed by atoms with van der Waals surface area (Å²) in [5, 5.41) is 1.93. The zero-order valence-electron chi connectivity index (χ0n) is 15.4. The van der Waals surface area contributed by atoms with Crippen LogP contribution in [0.3, 0.4) is 0 Å². The number of fused-ring (bicyclic) bond motifs is 2. The van der Waals surface area contributed by atoms with E-state index in [9.17, 15) is 9.59 Å². The summed E-state index contributed by atoms with van der Waals surface area (Å²) in [6.45, 7) is 0. The lowest BCUT2D eigenvalue weighted by Gasteiger charge is -1.99. The van der Waals surface area contributed by atoms with Crippen molar-refractivity contribution in [3.8, 4) is 0 Å². The third-order valence-corrected chi connectivity index (χ3v) is 4.25. The summed E-state index contributed by atoms with van der Waals surface area (Å²) in [6.07, 6.45) is 8.84. The third kappa shape index (κ3) is 4.59. The number of hydrogen-bond donors (Lipinski definition) is 0. The molecule has 0 fully saturated rings. The topological polar surface area (TPSA) is 69.2 Å². The van der Waals surface area contributed by atoms with Gasteiger partial charge in [-0.1, -0.05) is 36.4 Å². The van der Waals surface area contributed by atoms with Crippen LogP contribution in [0.5, 0.6) is 0 Å². The summed E-state index contributed by atoms with van der Waals surface area (Å²) in [5.41, 5.74) is 3.23. The minimum Gasteiger partial charge on any atom is -0.387 e. The van der Waals surface area contributed by atoms with E-state index in [4.69, 9.17) is 4.74 Å². The molecular formula is C24H16N2O3. The fourth-order valence-corrected chi connectivity index (χ4v) is 2.85. The normalized spacial score (nSPS) is 11.4. The van der Waals surface area contributed by atoms with Gasteiger partial charge in [0.25, 0.3) is 0 Å². The highest BCUT2D eigenvalue weighted by atomic mass is 16.6. The average molecular weight is 380 g/mol. The number of aromatic nitrogens is 2. The number of nitrogens with zero attached hydrogens (tertiary/aromatic N) is 2. The molecule has 0 aliphatic rings. The zero-order chi connectivity index (χ0) is 20.1. The molecule has 0 saturated carbocycles. The Bertz CT molecular complexity index is 1180. The Morgan fingerprint density at radius 1 is 0.690 bits per heavy atom. The van der Waals surface area contributed by atoms with E-state index < -0.39 is 11.9 Å². The van der Waals surface area contributed by atoms with E-state index in [1.54, 1.807) is 24.5 Å². The number of rotatable bonds is 4. The van der Waals surface area contributed by atoms with Gasteiger partial charge in [0.15, 0.2) is 0 Å². The van der Waals surface area contributed by atoms with Gasteiger partial charge in [0.2, 0.25) is 0 Å². The molecule has 4 aromatic rings. The Labute approximate surface area is 167 Å². The maximum atomic E-state index is 11.9. The van der Waals surface area contributed by atoms with Crippen molar-refractivity contribution in [2.75, 3.05) is 0 Å². The second-order valence-electron chi connectivity index (χ2n) is 6.33. The molecule has 29 heavy (non-hydrogen) atoms. The minimum absolute atomic E-state index is 0.742. The molecule has 0 N–H and O–H groups in total. The minimum atomic E-state index is -0.746. The smallest absolute Gasteiger partial charge is 0.338 e. The molecule has 2 aromatic heterocycles. The molecule has 2 heterocycles. The van der Waals surface area contributed by atoms with Gasteiger partial charge in [-0.2, -0.15) is 0 Å². The molecule has 0 aliphatic heterocycles. The van der Waals surface area contributed by atoms with Gasteiger partial charge in [0.05, 0.1) is 11.0 Å². The third-order valence-electron chi connectivity index (χ3n) is 4.25. The van der Waals surface area contributed by atoms with Crippen molar-refractivity contribution in [3.05, 3.63) is 96.3 Å². The summed E-state index contributed by atoms with van der Waals surface area (Å²) >= 11 is 0. The van der Waals surface area contributed by atoms with Crippen molar-refractivity contribution < 1.29 is 14.3 Å². The summed E-state index contributed by atoms with van der Waals surface area (Å²) in [6, 6.07) is 19.2. The lowest BCUT2D eigenvalue weighted by Crippen LogP contribution is -2.06. The van der Waals surface area contributed by atoms with Crippen LogP contribution in [0.2, 0.25) is 0 Å². The predicted octanol–water partition coefficient (Wildman–Crippen LogP) is 4.58. The Morgan fingerprint density at radius 2 is 1.14 bits per heavy atom. The highest BCUT2D eigenvalue weighted by Gasteiger charge is 2.04. The summed E-state index contributed by atoms with van der Waals surface area (Å²) in [4.78, 5) is 32.4. The first kappa shape index (κ1) is 18.3. The van der Waals surface area contributed by atoms with E-state index in [1.807, 2.05) is 60.7 Å². The molecule has 0 saturated heterocycles. The van der Waals surface area contributed by atoms with Gasteiger partial charge in [-0.05, 0) is 47.5 Å². The number of ether oxygens (including phenoxy) is 1. The van der Waals surface area contributed by atoms with Gasteiger partial charge in [0, 0.05) is 35.3 Å². The van der Waals surface area contributed by atoms with Crippen LogP contribution in [0, 0.1) is 0 Å². The molecule has 5 nitrogen and oxygen atoms in total. The SMILES string of the molecule is O=C(/C=C/c1cnc2ccccc2c1)OC(=O)/C=C/c1cnc2ccccc2c1. The number of carbonyl (C=O) groups excluding carboxylic acids is 2. The Balaban J connectivity index is 1.38. The van der Waals surface area contributed by atoms with Crippen molar-refractivity contribution in [1.29, 1.82) is 0 Å². The van der Waals surface area contributed by atoms with E-state index in [1.165, 1.54) is 12.2 Å². The molecule has 140 valence electrons. The van der Waals surface area contributed by atoms with Crippen LogP contribution in [0.25, 0.3) is 34.0 Å². The molecule has 0 spiro atoms. The summed E-state index contributed by atoms with van der Waals surface area (Å²) in [7, 11) is 0. The fourth-order valence-electron chi connectivity index (χ4n) is 2.85. The van der Waals surface area contributed by atoms with Gasteiger partial charge in [-0.25, -0.2) is 9.59 Å². The van der Waals surface area contributed by atoms with Crippen molar-refractivity contribution >= 4 is 45.9 Å². The average Bonchev–Trinajstić information content (AvgIpc) is 2.76. The number of esters is 2. The zero-order valence-corrected chi connectivity index (χ0v) is 15.4. The predicted molar refractivity (Wildman–Crippen MR) is 113 cm³/mol. The Morgan fingerprint density at radius 3 is 1.62 bits per heavy atom. The maximum Gasteiger partial charge on any atom is 0.338 e. The lowest BCUT2D eigenvalue weighted by molar-refractivity contribution is -0.152. The first-order chi connectivity index (χ1) is 14.2. The number of para-hydroxylation sites is 2. The van der Waals surface area contributed by atoms with E-state index in [0.29, 0.717) is 0 Å². The van der Waals surface area contributed by atoms with E-state index in [0.717, 1.165) is 32.9 Å². The molecule has 2 aromatic carbocycles. The van der Waals surface area contributed by atoms with Gasteiger partial charge < -0.3 is 4.74 Å². The van der Waals surface area contributed by atoms with Crippen LogP contribution < -0.4 is 0 Å². The first-order valence-electron chi connectivity index (χ1n) is 8.99. The first-order valence-corrected chi connectivity index (χ1v) is 8.99. The van der Waals surface area contributed by atoms with Gasteiger partial charge in [0.1, 0.15) is 0 Å². The molecular weight excluding hydrogens is 364 g/mol. The fraction of sp³-hybridized carbons (Fsp3) is 0. The molecule has 5 heteroatoms. The van der Waals surface area contributed by atoms with E-state index in [2.05, 4.69) is 9.97 Å². The standard InChI is InChI=1S/C24H16N2O3/c27-23(11-9-17-13-19-5-1-3-7-21(19)25-15-17)29-24(28)12-10-18-14-20-6-2-4-8-22(20)26-16-18/h1-16H/b11-9+,12-10+. The molecule has 0 amide bonds. The molecule has 0 radical (unpaired) electrons. The summed E-state index contributed by atoms with van der Waals surface area (Å²) < 4.78 is 4.78. The monoisotopic (exact) mass is 380 g/mol. The Kier molecular flexibility index (Phi) is 5.21. The van der Waals surface area contributed by atoms with Crippen molar-refractivity contribution in [1.82, 2.24) is 9.97 Å². The van der Waals surface area contributed by atoms with Crippen LogP contribution in [0.4, 0.5) is 0 Å². The van der Waals surface area contributed by atoms with E-state index in [-0.39, 0.29) is 0 Å². The van der Waals surface area contributed by atoms with Crippen LogP contribution in [0.15, 0.2) is 85.2 Å². The van der Waals surface area contributed by atoms with Crippen molar-refractivity contribution in [2.45, 2.75) is 0 Å². The second kappa shape index (κ2) is 8.27. The van der Waals surface area contributed by atoms with Crippen molar-refractivity contribution in [3.63, 3.8) is 0 Å². The molecule has 0 unspecified atom stereocenters. The molecule has 0 aliphatic carbocycles. The molecule has 0 bridgehead atoms.